The SMILES string of the molecule is CS(=O)Cc1ccc(-c2nc3nccc(C(=O)Nc4cccnc4)c3[nH]2)cc1. The molecule has 0 spiro atoms. The highest BCUT2D eigenvalue weighted by molar-refractivity contribution is 7.83. The third-order valence-corrected chi connectivity index (χ3v) is 4.89. The van der Waals surface area contributed by atoms with Crippen LogP contribution in [0.25, 0.3) is 22.6 Å². The molecule has 2 N–H and O–H groups in total. The number of amides is 1. The summed E-state index contributed by atoms with van der Waals surface area (Å²) in [6.07, 6.45) is 6.46. The molecule has 0 saturated heterocycles. The summed E-state index contributed by atoms with van der Waals surface area (Å²) in [4.78, 5) is 28.6. The summed E-state index contributed by atoms with van der Waals surface area (Å²) in [6.45, 7) is 0. The first-order chi connectivity index (χ1) is 13.6. The van der Waals surface area contributed by atoms with Gasteiger partial charge in [0.2, 0.25) is 0 Å². The van der Waals surface area contributed by atoms with Gasteiger partial charge in [-0.3, -0.25) is 14.0 Å². The highest BCUT2D eigenvalue weighted by Crippen LogP contribution is 2.23. The van der Waals surface area contributed by atoms with Crippen molar-refractivity contribution in [3.05, 3.63) is 72.2 Å². The third kappa shape index (κ3) is 3.81. The van der Waals surface area contributed by atoms with Gasteiger partial charge >= 0.3 is 0 Å². The van der Waals surface area contributed by atoms with E-state index in [1.54, 1.807) is 43.0 Å². The summed E-state index contributed by atoms with van der Waals surface area (Å²) in [5.74, 6) is 0.866. The number of pyridine rings is 2. The first-order valence-electron chi connectivity index (χ1n) is 8.55. The Hall–Kier alpha value is -3.39. The number of anilines is 1. The summed E-state index contributed by atoms with van der Waals surface area (Å²) in [5.41, 5.74) is 3.95. The molecule has 140 valence electrons. The summed E-state index contributed by atoms with van der Waals surface area (Å²) in [5, 5.41) is 2.82. The van der Waals surface area contributed by atoms with Crippen molar-refractivity contribution in [1.82, 2.24) is 19.9 Å². The number of hydrogen-bond donors (Lipinski definition) is 2. The average molecular weight is 391 g/mol. The van der Waals surface area contributed by atoms with E-state index in [2.05, 4.69) is 25.3 Å². The molecule has 3 heterocycles. The Bertz CT molecular complexity index is 1160. The van der Waals surface area contributed by atoms with E-state index >= 15 is 0 Å². The fourth-order valence-electron chi connectivity index (χ4n) is 2.87. The Morgan fingerprint density at radius 3 is 2.68 bits per heavy atom. The van der Waals surface area contributed by atoms with Gasteiger partial charge in [-0.05, 0) is 23.8 Å². The highest BCUT2D eigenvalue weighted by atomic mass is 32.2. The highest BCUT2D eigenvalue weighted by Gasteiger charge is 2.15. The minimum atomic E-state index is -0.888. The topological polar surface area (TPSA) is 101 Å². The van der Waals surface area contributed by atoms with Crippen LogP contribution in [0.4, 0.5) is 5.69 Å². The maximum atomic E-state index is 12.7. The van der Waals surface area contributed by atoms with Gasteiger partial charge in [-0.15, -0.1) is 0 Å². The number of nitrogens with one attached hydrogen (secondary N) is 2. The summed E-state index contributed by atoms with van der Waals surface area (Å²) in [6, 6.07) is 12.8. The van der Waals surface area contributed by atoms with Crippen LogP contribution < -0.4 is 5.32 Å². The van der Waals surface area contributed by atoms with Crippen molar-refractivity contribution >= 4 is 33.6 Å². The van der Waals surface area contributed by atoms with E-state index in [1.807, 2.05) is 24.3 Å². The Morgan fingerprint density at radius 1 is 1.14 bits per heavy atom. The van der Waals surface area contributed by atoms with Gasteiger partial charge in [-0.1, -0.05) is 24.3 Å². The first kappa shape index (κ1) is 18.0. The van der Waals surface area contributed by atoms with Gasteiger partial charge in [0, 0.05) is 40.8 Å². The molecule has 0 aliphatic heterocycles. The van der Waals surface area contributed by atoms with Gasteiger partial charge in [0.05, 0.1) is 23.0 Å². The minimum absolute atomic E-state index is 0.267. The van der Waals surface area contributed by atoms with Crippen molar-refractivity contribution in [2.45, 2.75) is 5.75 Å². The van der Waals surface area contributed by atoms with E-state index in [0.717, 1.165) is 11.1 Å². The molecular formula is C20H17N5O2S. The Balaban J connectivity index is 1.65. The molecule has 3 aromatic heterocycles. The second-order valence-corrected chi connectivity index (χ2v) is 7.69. The molecule has 0 aliphatic rings. The normalized spacial score (nSPS) is 12.0. The first-order valence-corrected chi connectivity index (χ1v) is 10.3. The molecule has 4 rings (SSSR count). The fraction of sp³-hybridized carbons (Fsp3) is 0.100. The van der Waals surface area contributed by atoms with Gasteiger partial charge in [0.25, 0.3) is 5.91 Å². The van der Waals surface area contributed by atoms with Crippen LogP contribution in [0.5, 0.6) is 0 Å². The van der Waals surface area contributed by atoms with Crippen LogP contribution in [-0.2, 0) is 16.6 Å². The third-order valence-electron chi connectivity index (χ3n) is 4.15. The zero-order valence-electron chi connectivity index (χ0n) is 15.0. The number of carbonyl (C=O) groups excluding carboxylic acids is 1. The van der Waals surface area contributed by atoms with E-state index in [1.165, 1.54) is 0 Å². The zero-order valence-corrected chi connectivity index (χ0v) is 15.9. The standard InChI is InChI=1S/C20H17N5O2S/c1-28(27)12-13-4-6-14(7-5-13)18-24-17-16(8-10-22-19(17)25-18)20(26)23-15-3-2-9-21-11-15/h2-11H,12H2,1H3,(H,23,26)(H,22,24,25). The van der Waals surface area contributed by atoms with Crippen molar-refractivity contribution in [3.63, 3.8) is 0 Å². The molecule has 8 heteroatoms. The van der Waals surface area contributed by atoms with Gasteiger partial charge in [-0.2, -0.15) is 0 Å². The zero-order chi connectivity index (χ0) is 19.5. The summed E-state index contributed by atoms with van der Waals surface area (Å²) >= 11 is 0. The maximum absolute atomic E-state index is 12.7. The molecule has 0 saturated carbocycles. The van der Waals surface area contributed by atoms with Crippen molar-refractivity contribution in [3.8, 4) is 11.4 Å². The molecule has 1 atom stereocenters. The molecule has 0 radical (unpaired) electrons. The number of aromatic nitrogens is 4. The Kier molecular flexibility index (Phi) is 4.94. The van der Waals surface area contributed by atoms with Crippen molar-refractivity contribution in [1.29, 1.82) is 0 Å². The summed E-state index contributed by atoms with van der Waals surface area (Å²) < 4.78 is 11.4. The van der Waals surface area contributed by atoms with E-state index in [9.17, 15) is 9.00 Å². The second-order valence-electron chi connectivity index (χ2n) is 6.25. The molecule has 0 aliphatic carbocycles. The fourth-order valence-corrected chi connectivity index (χ4v) is 3.53. The number of rotatable bonds is 5. The quantitative estimate of drug-likeness (QED) is 0.544. The molecule has 1 amide bonds. The van der Waals surface area contributed by atoms with Crippen LogP contribution in [0, 0.1) is 0 Å². The van der Waals surface area contributed by atoms with Crippen LogP contribution in [-0.4, -0.2) is 36.3 Å². The number of benzene rings is 1. The Morgan fingerprint density at radius 2 is 1.96 bits per heavy atom. The number of carbonyl (C=O) groups is 1. The van der Waals surface area contributed by atoms with Crippen LogP contribution in [0.1, 0.15) is 15.9 Å². The second kappa shape index (κ2) is 7.69. The number of imidazole rings is 1. The number of hydrogen-bond acceptors (Lipinski definition) is 5. The minimum Gasteiger partial charge on any atom is -0.336 e. The van der Waals surface area contributed by atoms with Crippen LogP contribution in [0.15, 0.2) is 61.1 Å². The van der Waals surface area contributed by atoms with Gasteiger partial charge in [-0.25, -0.2) is 9.97 Å². The van der Waals surface area contributed by atoms with Gasteiger partial charge < -0.3 is 10.3 Å². The molecule has 0 bridgehead atoms. The average Bonchev–Trinajstić information content (AvgIpc) is 3.13. The largest absolute Gasteiger partial charge is 0.336 e. The van der Waals surface area contributed by atoms with E-state index in [-0.39, 0.29) is 5.91 Å². The Labute approximate surface area is 163 Å². The molecule has 28 heavy (non-hydrogen) atoms. The lowest BCUT2D eigenvalue weighted by molar-refractivity contribution is 0.102. The van der Waals surface area contributed by atoms with E-state index in [0.29, 0.717) is 34.0 Å². The van der Waals surface area contributed by atoms with Crippen molar-refractivity contribution in [2.75, 3.05) is 11.6 Å². The monoisotopic (exact) mass is 391 g/mol. The molecule has 7 nitrogen and oxygen atoms in total. The van der Waals surface area contributed by atoms with Gasteiger partial charge in [0.15, 0.2) is 5.65 Å². The molecular weight excluding hydrogens is 374 g/mol. The number of nitrogens with zero attached hydrogens (tertiary/aromatic N) is 3. The number of fused-ring (bicyclic) bond motifs is 1. The maximum Gasteiger partial charge on any atom is 0.258 e. The summed E-state index contributed by atoms with van der Waals surface area (Å²) in [7, 11) is -0.888. The lowest BCUT2D eigenvalue weighted by Crippen LogP contribution is -2.12. The molecule has 1 aromatic carbocycles. The van der Waals surface area contributed by atoms with E-state index in [4.69, 9.17) is 0 Å². The number of aromatic amines is 1. The van der Waals surface area contributed by atoms with Crippen molar-refractivity contribution in [2.24, 2.45) is 0 Å². The van der Waals surface area contributed by atoms with Crippen LogP contribution in [0.2, 0.25) is 0 Å². The van der Waals surface area contributed by atoms with Crippen molar-refractivity contribution < 1.29 is 9.00 Å². The van der Waals surface area contributed by atoms with Crippen LogP contribution in [0.3, 0.4) is 0 Å². The molecule has 1 unspecified atom stereocenters. The smallest absolute Gasteiger partial charge is 0.258 e. The van der Waals surface area contributed by atoms with E-state index < -0.39 is 10.8 Å². The lowest BCUT2D eigenvalue weighted by Gasteiger charge is -2.05. The van der Waals surface area contributed by atoms with Gasteiger partial charge in [0.1, 0.15) is 5.82 Å². The predicted octanol–water partition coefficient (Wildman–Crippen LogP) is 3.15. The predicted molar refractivity (Wildman–Crippen MR) is 109 cm³/mol. The molecule has 0 fully saturated rings. The molecule has 4 aromatic rings. The lowest BCUT2D eigenvalue weighted by atomic mass is 10.1. The number of H-pyrrole nitrogens is 1. The van der Waals surface area contributed by atoms with Crippen LogP contribution >= 0.6 is 0 Å².